The van der Waals surface area contributed by atoms with Crippen LogP contribution < -0.4 is 10.5 Å². The van der Waals surface area contributed by atoms with Gasteiger partial charge in [-0.1, -0.05) is 18.2 Å². The summed E-state index contributed by atoms with van der Waals surface area (Å²) in [5.41, 5.74) is 12.5. The predicted octanol–water partition coefficient (Wildman–Crippen LogP) is 5.12. The van der Waals surface area contributed by atoms with Gasteiger partial charge in [0, 0.05) is 43.5 Å². The van der Waals surface area contributed by atoms with Crippen LogP contribution in [0.5, 0.6) is 5.75 Å². The van der Waals surface area contributed by atoms with E-state index in [1.807, 2.05) is 33.2 Å². The Morgan fingerprint density at radius 3 is 2.93 bits per heavy atom. The first-order valence-electron chi connectivity index (χ1n) is 14.3. The van der Waals surface area contributed by atoms with E-state index < -0.39 is 0 Å². The number of rotatable bonds is 8. The van der Waals surface area contributed by atoms with Crippen LogP contribution in [0.15, 0.2) is 41.9 Å². The summed E-state index contributed by atoms with van der Waals surface area (Å²) < 4.78 is 14.6. The average Bonchev–Trinajstić information content (AvgIpc) is 3.56. The van der Waals surface area contributed by atoms with Crippen molar-refractivity contribution >= 4 is 44.4 Å². The van der Waals surface area contributed by atoms with Crippen LogP contribution in [0.1, 0.15) is 60.6 Å². The van der Waals surface area contributed by atoms with Crippen molar-refractivity contribution < 1.29 is 14.3 Å². The molecule has 42 heavy (non-hydrogen) atoms. The number of aryl methyl sites for hydroxylation is 2. The molecule has 2 N–H and O–H groups in total. The molecule has 0 fully saturated rings. The number of pyridine rings is 2. The highest BCUT2D eigenvalue weighted by Gasteiger charge is 2.27. The number of thiophene rings is 1. The maximum Gasteiger partial charge on any atom is 0.306 e. The molecule has 0 amide bonds. The van der Waals surface area contributed by atoms with Gasteiger partial charge in [-0.3, -0.25) is 9.69 Å². The van der Waals surface area contributed by atoms with Crippen LogP contribution in [0.25, 0.3) is 21.3 Å². The minimum Gasteiger partial charge on any atom is -0.487 e. The molecule has 11 heteroatoms. The summed E-state index contributed by atoms with van der Waals surface area (Å²) in [6.07, 6.45) is 2.98. The highest BCUT2D eigenvalue weighted by atomic mass is 32.1. The molecule has 0 saturated carbocycles. The van der Waals surface area contributed by atoms with E-state index >= 15 is 0 Å². The van der Waals surface area contributed by atoms with E-state index in [9.17, 15) is 4.79 Å². The fourth-order valence-corrected chi connectivity index (χ4v) is 6.72. The SMILES string of the molecule is CCOC(=O)C[C@@H](c1cc(CN2Cc3nc(N)ccc3O[C@H](CC)C2)c2sccc2c1)c1cnc2c(nnn2C)c1C. The molecule has 5 heterocycles. The number of carbonyl (C=O) groups excluding carboxylic acids is 1. The van der Waals surface area contributed by atoms with Crippen LogP contribution in [-0.2, 0) is 29.7 Å². The van der Waals surface area contributed by atoms with Gasteiger partial charge < -0.3 is 15.2 Å². The second-order valence-corrected chi connectivity index (χ2v) is 11.7. The molecule has 0 saturated heterocycles. The first kappa shape index (κ1) is 28.0. The van der Waals surface area contributed by atoms with E-state index in [-0.39, 0.29) is 24.4 Å². The Morgan fingerprint density at radius 2 is 2.12 bits per heavy atom. The minimum absolute atomic E-state index is 0.0441. The van der Waals surface area contributed by atoms with Crippen LogP contribution in [0, 0.1) is 6.92 Å². The van der Waals surface area contributed by atoms with E-state index in [0.29, 0.717) is 31.2 Å². The molecule has 0 unspecified atom stereocenters. The summed E-state index contributed by atoms with van der Waals surface area (Å²) in [4.78, 5) is 24.6. The summed E-state index contributed by atoms with van der Waals surface area (Å²) in [6.45, 7) is 8.42. The number of hydrogen-bond acceptors (Lipinski definition) is 10. The topological polar surface area (TPSA) is 121 Å². The minimum atomic E-state index is -0.260. The molecule has 1 aliphatic rings. The second kappa shape index (κ2) is 11.7. The largest absolute Gasteiger partial charge is 0.487 e. The molecule has 0 bridgehead atoms. The van der Waals surface area contributed by atoms with Gasteiger partial charge in [0.15, 0.2) is 5.65 Å². The van der Waals surface area contributed by atoms with Gasteiger partial charge in [-0.2, -0.15) is 0 Å². The van der Waals surface area contributed by atoms with Crippen molar-refractivity contribution in [3.8, 4) is 5.75 Å². The molecule has 0 radical (unpaired) electrons. The predicted molar refractivity (Wildman–Crippen MR) is 163 cm³/mol. The number of aromatic nitrogens is 5. The number of nitrogen functional groups attached to an aromatic ring is 1. The zero-order valence-corrected chi connectivity index (χ0v) is 25.1. The smallest absolute Gasteiger partial charge is 0.306 e. The highest BCUT2D eigenvalue weighted by molar-refractivity contribution is 7.17. The van der Waals surface area contributed by atoms with Crippen molar-refractivity contribution in [1.29, 1.82) is 0 Å². The number of hydrogen-bond donors (Lipinski definition) is 1. The number of carbonyl (C=O) groups is 1. The molecule has 5 aromatic rings. The molecule has 1 aliphatic heterocycles. The molecule has 1 aromatic carbocycles. The number of anilines is 1. The van der Waals surface area contributed by atoms with Gasteiger partial charge in [0.05, 0.1) is 18.7 Å². The number of esters is 1. The third-order valence-corrected chi connectivity index (χ3v) is 8.95. The summed E-state index contributed by atoms with van der Waals surface area (Å²) in [5, 5.41) is 11.8. The summed E-state index contributed by atoms with van der Waals surface area (Å²) in [5.74, 6) is 0.777. The normalized spacial score (nSPS) is 16.2. The number of nitrogens with zero attached hydrogens (tertiary/aromatic N) is 6. The Bertz CT molecular complexity index is 1760. The summed E-state index contributed by atoms with van der Waals surface area (Å²) >= 11 is 1.73. The maximum absolute atomic E-state index is 12.9. The quantitative estimate of drug-likeness (QED) is 0.247. The fraction of sp³-hybridized carbons (Fsp3) is 0.387. The lowest BCUT2D eigenvalue weighted by Crippen LogP contribution is -2.32. The van der Waals surface area contributed by atoms with Gasteiger partial charge in [0.25, 0.3) is 0 Å². The highest BCUT2D eigenvalue weighted by Crippen LogP contribution is 2.37. The monoisotopic (exact) mass is 585 g/mol. The maximum atomic E-state index is 12.9. The zero-order chi connectivity index (χ0) is 29.4. The van der Waals surface area contributed by atoms with Crippen LogP contribution in [-0.4, -0.2) is 55.1 Å². The molecule has 218 valence electrons. The lowest BCUT2D eigenvalue weighted by molar-refractivity contribution is -0.143. The Morgan fingerprint density at radius 1 is 1.26 bits per heavy atom. The van der Waals surface area contributed by atoms with Crippen molar-refractivity contribution in [3.63, 3.8) is 0 Å². The Kier molecular flexibility index (Phi) is 7.78. The van der Waals surface area contributed by atoms with Crippen molar-refractivity contribution in [2.75, 3.05) is 18.9 Å². The third-order valence-electron chi connectivity index (χ3n) is 7.95. The van der Waals surface area contributed by atoms with E-state index in [4.69, 9.17) is 15.2 Å². The van der Waals surface area contributed by atoms with Gasteiger partial charge in [-0.05, 0) is 77.6 Å². The molecule has 0 aliphatic carbocycles. The molecule has 0 spiro atoms. The van der Waals surface area contributed by atoms with Crippen LogP contribution in [0.4, 0.5) is 5.82 Å². The van der Waals surface area contributed by atoms with Gasteiger partial charge >= 0.3 is 5.97 Å². The number of fused-ring (bicyclic) bond motifs is 3. The van der Waals surface area contributed by atoms with E-state index in [1.165, 1.54) is 10.3 Å². The van der Waals surface area contributed by atoms with E-state index in [1.54, 1.807) is 22.1 Å². The molecular formula is C31H35N7O3S. The molecule has 6 rings (SSSR count). The second-order valence-electron chi connectivity index (χ2n) is 10.8. The first-order chi connectivity index (χ1) is 20.3. The van der Waals surface area contributed by atoms with Gasteiger partial charge in [0.2, 0.25) is 0 Å². The molecule has 10 nitrogen and oxygen atoms in total. The lowest BCUT2D eigenvalue weighted by atomic mass is 9.85. The number of nitrogens with two attached hydrogens (primary N) is 1. The van der Waals surface area contributed by atoms with E-state index in [0.717, 1.165) is 52.0 Å². The zero-order valence-electron chi connectivity index (χ0n) is 24.3. The Hall–Kier alpha value is -4.09. The van der Waals surface area contributed by atoms with Crippen molar-refractivity contribution in [1.82, 2.24) is 29.9 Å². The Balaban J connectivity index is 1.42. The van der Waals surface area contributed by atoms with Crippen LogP contribution >= 0.6 is 11.3 Å². The van der Waals surface area contributed by atoms with Crippen molar-refractivity contribution in [2.24, 2.45) is 7.05 Å². The van der Waals surface area contributed by atoms with Crippen LogP contribution in [0.2, 0.25) is 0 Å². The third kappa shape index (κ3) is 5.41. The van der Waals surface area contributed by atoms with Gasteiger partial charge in [0.1, 0.15) is 23.2 Å². The number of benzene rings is 1. The fourth-order valence-electron chi connectivity index (χ4n) is 5.83. The average molecular weight is 586 g/mol. The number of ether oxygens (including phenoxy) is 2. The molecule has 4 aromatic heterocycles. The molecule has 2 atom stereocenters. The molecular weight excluding hydrogens is 550 g/mol. The standard InChI is InChI=1S/C31H35N7O3S/c1-5-22-16-38(17-25-26(41-22)7-8-27(32)34-25)15-21-12-20(11-19-9-10-42-30(19)21)23(13-28(39)40-6-2)24-14-33-31-29(18(24)3)35-36-37(31)4/h7-12,14,22-23H,5-6,13,15-17H2,1-4H3,(H2,32,34)/t22-,23+/m1/s1. The van der Waals surface area contributed by atoms with Crippen molar-refractivity contribution in [2.45, 2.75) is 58.7 Å². The van der Waals surface area contributed by atoms with E-state index in [2.05, 4.69) is 55.7 Å². The van der Waals surface area contributed by atoms with Crippen molar-refractivity contribution in [3.05, 3.63) is 69.9 Å². The van der Waals surface area contributed by atoms with Crippen LogP contribution in [0.3, 0.4) is 0 Å². The van der Waals surface area contributed by atoms with Gasteiger partial charge in [-0.15, -0.1) is 16.4 Å². The Labute approximate surface area is 248 Å². The summed E-state index contributed by atoms with van der Waals surface area (Å²) in [7, 11) is 1.83. The first-order valence-corrected chi connectivity index (χ1v) is 15.2. The van der Waals surface area contributed by atoms with Gasteiger partial charge in [-0.25, -0.2) is 14.6 Å². The summed E-state index contributed by atoms with van der Waals surface area (Å²) in [6, 6.07) is 10.3. The lowest BCUT2D eigenvalue weighted by Gasteiger charge is -2.25.